The first-order valence-electron chi connectivity index (χ1n) is 9.65. The van der Waals surface area contributed by atoms with E-state index in [9.17, 15) is 9.18 Å². The minimum atomic E-state index is -0.424. The van der Waals surface area contributed by atoms with Gasteiger partial charge in [-0.2, -0.15) is 5.10 Å². The summed E-state index contributed by atoms with van der Waals surface area (Å²) in [5, 5.41) is 7.25. The Morgan fingerprint density at radius 2 is 2.03 bits per heavy atom. The van der Waals surface area contributed by atoms with Crippen molar-refractivity contribution in [2.75, 3.05) is 12.0 Å². The first-order valence-corrected chi connectivity index (χ1v) is 11.5. The van der Waals surface area contributed by atoms with Crippen LogP contribution in [0.3, 0.4) is 0 Å². The van der Waals surface area contributed by atoms with Gasteiger partial charge in [0.2, 0.25) is 6.29 Å². The number of hydrogen-bond donors (Lipinski definition) is 1. The fourth-order valence-electron chi connectivity index (χ4n) is 3.62. The van der Waals surface area contributed by atoms with Gasteiger partial charge in [-0.15, -0.1) is 11.3 Å². The number of thioether (sulfide) groups is 1. The lowest BCUT2D eigenvalue weighted by Gasteiger charge is -2.39. The Morgan fingerprint density at radius 3 is 2.84 bits per heavy atom. The molecule has 0 radical (unpaired) electrons. The van der Waals surface area contributed by atoms with Crippen LogP contribution in [0.4, 0.5) is 10.1 Å². The maximum atomic E-state index is 13.3. The van der Waals surface area contributed by atoms with E-state index in [0.29, 0.717) is 17.2 Å². The zero-order valence-corrected chi connectivity index (χ0v) is 18.3. The molecule has 2 aromatic carbocycles. The summed E-state index contributed by atoms with van der Waals surface area (Å²) < 4.78 is 18.6. The molecule has 31 heavy (non-hydrogen) atoms. The molecule has 1 aromatic heterocycles. The second-order valence-corrected chi connectivity index (χ2v) is 8.96. The molecule has 158 valence electrons. The van der Waals surface area contributed by atoms with Gasteiger partial charge in [0.25, 0.3) is 5.91 Å². The molecule has 6 nitrogen and oxygen atoms in total. The van der Waals surface area contributed by atoms with Gasteiger partial charge in [0.05, 0.1) is 12.8 Å². The number of methoxy groups -OCH3 is 1. The summed E-state index contributed by atoms with van der Waals surface area (Å²) in [6.07, 6.45) is -0.424. The molecule has 2 aliphatic heterocycles. The lowest BCUT2D eigenvalue weighted by Crippen LogP contribution is -2.57. The Morgan fingerprint density at radius 1 is 1.19 bits per heavy atom. The number of hydrogen-bond acceptors (Lipinski definition) is 7. The average Bonchev–Trinajstić information content (AvgIpc) is 3.44. The summed E-state index contributed by atoms with van der Waals surface area (Å²) in [7, 11) is 1.65. The van der Waals surface area contributed by atoms with Gasteiger partial charge < -0.3 is 4.74 Å². The highest BCUT2D eigenvalue weighted by Crippen LogP contribution is 2.39. The zero-order valence-electron chi connectivity index (χ0n) is 16.6. The van der Waals surface area contributed by atoms with Crippen LogP contribution in [-0.4, -0.2) is 29.4 Å². The van der Waals surface area contributed by atoms with Crippen LogP contribution < -0.4 is 15.1 Å². The monoisotopic (exact) mass is 454 g/mol. The summed E-state index contributed by atoms with van der Waals surface area (Å²) in [6.45, 7) is 0.355. The molecule has 3 aromatic rings. The van der Waals surface area contributed by atoms with Crippen LogP contribution in [0.2, 0.25) is 0 Å². The summed E-state index contributed by atoms with van der Waals surface area (Å²) in [5.74, 6) is 1.18. The third kappa shape index (κ3) is 3.75. The SMILES string of the molecule is COc1cccc(CSC2=NNC3N(Cc4ccc(F)cc4)C(=O)c4sccc4N23)c1. The molecule has 1 atom stereocenters. The number of benzene rings is 2. The largest absolute Gasteiger partial charge is 0.497 e. The van der Waals surface area contributed by atoms with Crippen molar-refractivity contribution in [2.45, 2.75) is 18.6 Å². The van der Waals surface area contributed by atoms with Gasteiger partial charge in [0, 0.05) is 12.3 Å². The predicted molar refractivity (Wildman–Crippen MR) is 122 cm³/mol. The molecule has 0 spiro atoms. The summed E-state index contributed by atoms with van der Waals surface area (Å²) >= 11 is 3.01. The number of anilines is 1. The molecule has 1 unspecified atom stereocenters. The van der Waals surface area contributed by atoms with Crippen molar-refractivity contribution in [3.63, 3.8) is 0 Å². The Hall–Kier alpha value is -3.04. The van der Waals surface area contributed by atoms with E-state index in [1.165, 1.54) is 23.5 Å². The van der Waals surface area contributed by atoms with Gasteiger partial charge in [-0.3, -0.25) is 20.0 Å². The lowest BCUT2D eigenvalue weighted by molar-refractivity contribution is 0.0629. The fraction of sp³-hybridized carbons (Fsp3) is 0.182. The number of carbonyl (C=O) groups excluding carboxylic acids is 1. The molecular formula is C22H19FN4O2S2. The number of carbonyl (C=O) groups is 1. The number of nitrogens with zero attached hydrogens (tertiary/aromatic N) is 3. The number of halogens is 1. The summed E-state index contributed by atoms with van der Waals surface area (Å²) in [6, 6.07) is 16.1. The van der Waals surface area contributed by atoms with Crippen molar-refractivity contribution in [3.05, 3.63) is 81.8 Å². The van der Waals surface area contributed by atoms with Gasteiger partial charge in [0.1, 0.15) is 16.4 Å². The Bertz CT molecular complexity index is 1150. The normalized spacial score (nSPS) is 17.2. The maximum absolute atomic E-state index is 13.3. The van der Waals surface area contributed by atoms with Gasteiger partial charge >= 0.3 is 0 Å². The Kier molecular flexibility index (Phi) is 5.29. The third-order valence-electron chi connectivity index (χ3n) is 5.15. The highest BCUT2D eigenvalue weighted by Gasteiger charge is 2.43. The highest BCUT2D eigenvalue weighted by molar-refractivity contribution is 8.13. The van der Waals surface area contributed by atoms with E-state index in [0.717, 1.165) is 27.7 Å². The van der Waals surface area contributed by atoms with Crippen LogP contribution in [0.5, 0.6) is 5.75 Å². The van der Waals surface area contributed by atoms with Gasteiger partial charge in [-0.05, 0) is 46.8 Å². The third-order valence-corrected chi connectivity index (χ3v) is 7.06. The molecule has 3 heterocycles. The highest BCUT2D eigenvalue weighted by atomic mass is 32.2. The van der Waals surface area contributed by atoms with Crippen molar-refractivity contribution in [3.8, 4) is 5.75 Å². The van der Waals surface area contributed by atoms with Crippen LogP contribution >= 0.6 is 23.1 Å². The fourth-order valence-corrected chi connectivity index (χ4v) is 5.39. The Balaban J connectivity index is 1.39. The van der Waals surface area contributed by atoms with Crippen LogP contribution in [-0.2, 0) is 12.3 Å². The van der Waals surface area contributed by atoms with Crippen molar-refractivity contribution >= 4 is 39.9 Å². The van der Waals surface area contributed by atoms with E-state index in [2.05, 4.69) is 15.4 Å². The molecule has 0 saturated carbocycles. The zero-order chi connectivity index (χ0) is 21.4. The average molecular weight is 455 g/mol. The molecular weight excluding hydrogens is 435 g/mol. The second-order valence-electron chi connectivity index (χ2n) is 7.10. The van der Waals surface area contributed by atoms with E-state index < -0.39 is 6.29 Å². The van der Waals surface area contributed by atoms with E-state index in [-0.39, 0.29) is 11.7 Å². The number of amides is 1. The van der Waals surface area contributed by atoms with Gasteiger partial charge in [-0.25, -0.2) is 4.39 Å². The molecule has 0 saturated heterocycles. The van der Waals surface area contributed by atoms with Gasteiger partial charge in [-0.1, -0.05) is 36.0 Å². The minimum absolute atomic E-state index is 0.0580. The molecule has 1 amide bonds. The number of thiophene rings is 1. The number of ether oxygens (including phenoxy) is 1. The van der Waals surface area contributed by atoms with Crippen molar-refractivity contribution in [1.82, 2.24) is 10.3 Å². The summed E-state index contributed by atoms with van der Waals surface area (Å²) in [4.78, 5) is 17.6. The molecule has 5 rings (SSSR count). The number of fused-ring (bicyclic) bond motifs is 3. The van der Waals surface area contributed by atoms with E-state index in [4.69, 9.17) is 4.74 Å². The Labute approximate surface area is 187 Å². The van der Waals surface area contributed by atoms with Gasteiger partial charge in [0.15, 0.2) is 5.17 Å². The van der Waals surface area contributed by atoms with Crippen LogP contribution in [0.25, 0.3) is 0 Å². The second kappa shape index (κ2) is 8.24. The lowest BCUT2D eigenvalue weighted by atomic mass is 10.1. The van der Waals surface area contributed by atoms with Crippen molar-refractivity contribution in [2.24, 2.45) is 5.10 Å². The number of hydrazone groups is 1. The van der Waals surface area contributed by atoms with E-state index in [1.54, 1.807) is 35.9 Å². The smallest absolute Gasteiger partial charge is 0.269 e. The first-order chi connectivity index (χ1) is 15.1. The van der Waals surface area contributed by atoms with Crippen LogP contribution in [0, 0.1) is 5.82 Å². The molecule has 1 N–H and O–H groups in total. The van der Waals surface area contributed by atoms with Crippen molar-refractivity contribution < 1.29 is 13.9 Å². The topological polar surface area (TPSA) is 57.2 Å². The number of rotatable bonds is 5. The van der Waals surface area contributed by atoms with E-state index in [1.807, 2.05) is 35.7 Å². The first kappa shape index (κ1) is 19.9. The molecule has 2 aliphatic rings. The molecule has 0 fully saturated rings. The van der Waals surface area contributed by atoms with Crippen molar-refractivity contribution in [1.29, 1.82) is 0 Å². The standard InChI is InChI=1S/C22H19FN4O2S2/c1-29-17-4-2-3-15(11-17)13-31-22-25-24-21-26(12-14-5-7-16(23)8-6-14)20(28)19-18(27(21)22)9-10-30-19/h2-11,21,24H,12-13H2,1H3. The van der Waals surface area contributed by atoms with Crippen LogP contribution in [0.15, 0.2) is 65.1 Å². The quantitative estimate of drug-likeness (QED) is 0.617. The number of amidine groups is 1. The molecule has 0 aliphatic carbocycles. The predicted octanol–water partition coefficient (Wildman–Crippen LogP) is 4.45. The molecule has 0 bridgehead atoms. The van der Waals surface area contributed by atoms with E-state index >= 15 is 0 Å². The maximum Gasteiger partial charge on any atom is 0.269 e. The summed E-state index contributed by atoms with van der Waals surface area (Å²) in [5.41, 5.74) is 5.95. The molecule has 9 heteroatoms. The van der Waals surface area contributed by atoms with Crippen LogP contribution in [0.1, 0.15) is 20.8 Å². The minimum Gasteiger partial charge on any atom is -0.497 e. The number of nitrogens with one attached hydrogen (secondary N) is 1.